The highest BCUT2D eigenvalue weighted by Gasteiger charge is 2.20. The number of para-hydroxylation sites is 2. The van der Waals surface area contributed by atoms with E-state index in [2.05, 4.69) is 26.2 Å². The Balaban J connectivity index is 1.81. The fraction of sp³-hybridized carbons (Fsp3) is 0.211. The molecular formula is C19H18BrN3O4. The molecule has 1 heterocycles. The van der Waals surface area contributed by atoms with Crippen LogP contribution in [0.1, 0.15) is 18.0 Å². The number of methoxy groups -OCH3 is 1. The van der Waals surface area contributed by atoms with E-state index >= 15 is 0 Å². The number of hydrogen-bond acceptors (Lipinski definition) is 4. The average Bonchev–Trinajstić information content (AvgIpc) is 2.97. The zero-order chi connectivity index (χ0) is 19.4. The minimum absolute atomic E-state index is 0.00729. The van der Waals surface area contributed by atoms with E-state index in [-0.39, 0.29) is 24.6 Å². The third kappa shape index (κ3) is 4.46. The van der Waals surface area contributed by atoms with Crippen molar-refractivity contribution in [1.29, 1.82) is 0 Å². The molecule has 8 heteroatoms. The number of nitrogens with one attached hydrogen (secondary N) is 2. The number of rotatable bonds is 6. The number of H-pyrrole nitrogens is 1. The second-order valence-corrected chi connectivity index (χ2v) is 6.90. The van der Waals surface area contributed by atoms with Crippen molar-refractivity contribution in [3.05, 3.63) is 69.1 Å². The Morgan fingerprint density at radius 3 is 2.59 bits per heavy atom. The van der Waals surface area contributed by atoms with Crippen molar-refractivity contribution in [2.75, 3.05) is 7.11 Å². The van der Waals surface area contributed by atoms with Gasteiger partial charge in [0.25, 0.3) is 0 Å². The molecule has 0 saturated heterocycles. The van der Waals surface area contributed by atoms with Crippen LogP contribution in [-0.4, -0.2) is 28.5 Å². The quantitative estimate of drug-likeness (QED) is 0.586. The van der Waals surface area contributed by atoms with Crippen LogP contribution in [0.2, 0.25) is 0 Å². The number of halogens is 1. The number of carbonyl (C=O) groups excluding carboxylic acids is 2. The second kappa shape index (κ2) is 8.22. The van der Waals surface area contributed by atoms with Crippen LogP contribution in [-0.2, 0) is 20.9 Å². The lowest BCUT2D eigenvalue weighted by Gasteiger charge is -2.18. The summed E-state index contributed by atoms with van der Waals surface area (Å²) in [4.78, 5) is 39.2. The first kappa shape index (κ1) is 18.9. The Hall–Kier alpha value is -2.87. The summed E-state index contributed by atoms with van der Waals surface area (Å²) in [6.07, 6.45) is -0.00729. The number of carbonyl (C=O) groups is 2. The summed E-state index contributed by atoms with van der Waals surface area (Å²) < 4.78 is 6.98. The van der Waals surface area contributed by atoms with Gasteiger partial charge in [-0.3, -0.25) is 14.2 Å². The first-order valence-corrected chi connectivity index (χ1v) is 9.06. The molecule has 3 aromatic rings. The topological polar surface area (TPSA) is 93.2 Å². The highest BCUT2D eigenvalue weighted by Crippen LogP contribution is 2.20. The Bertz CT molecular complexity index is 1020. The van der Waals surface area contributed by atoms with Crippen molar-refractivity contribution < 1.29 is 14.3 Å². The van der Waals surface area contributed by atoms with Gasteiger partial charge in [-0.05, 0) is 29.8 Å². The maximum absolute atomic E-state index is 12.6. The zero-order valence-electron chi connectivity index (χ0n) is 14.6. The molecule has 0 fully saturated rings. The summed E-state index contributed by atoms with van der Waals surface area (Å²) in [7, 11) is 1.30. The smallest absolute Gasteiger partial charge is 0.326 e. The lowest BCUT2D eigenvalue weighted by atomic mass is 10.0. The molecule has 2 N–H and O–H groups in total. The number of nitrogens with zero attached hydrogens (tertiary/aromatic N) is 1. The number of aromatic amines is 1. The van der Waals surface area contributed by atoms with E-state index in [0.717, 1.165) is 10.0 Å². The van der Waals surface area contributed by atoms with Gasteiger partial charge in [-0.2, -0.15) is 0 Å². The van der Waals surface area contributed by atoms with E-state index in [4.69, 9.17) is 4.74 Å². The Labute approximate surface area is 163 Å². The molecule has 1 unspecified atom stereocenters. The van der Waals surface area contributed by atoms with Gasteiger partial charge in [-0.15, -0.1) is 0 Å². The number of ether oxygens (including phenoxy) is 1. The van der Waals surface area contributed by atoms with Crippen molar-refractivity contribution in [1.82, 2.24) is 14.9 Å². The maximum Gasteiger partial charge on any atom is 0.326 e. The molecule has 0 radical (unpaired) electrons. The zero-order valence-corrected chi connectivity index (χ0v) is 16.2. The van der Waals surface area contributed by atoms with Crippen molar-refractivity contribution in [3.8, 4) is 0 Å². The molecule has 27 heavy (non-hydrogen) atoms. The van der Waals surface area contributed by atoms with E-state index in [1.54, 1.807) is 18.2 Å². The van der Waals surface area contributed by atoms with Gasteiger partial charge < -0.3 is 15.0 Å². The molecule has 1 atom stereocenters. The third-order valence-corrected chi connectivity index (χ3v) is 4.72. The van der Waals surface area contributed by atoms with Crippen LogP contribution in [0, 0.1) is 0 Å². The first-order chi connectivity index (χ1) is 13.0. The van der Waals surface area contributed by atoms with Crippen LogP contribution < -0.4 is 11.0 Å². The molecule has 1 aromatic heterocycles. The SMILES string of the molecule is COC(=O)CC(NC(=O)Cn1c(=O)[nH]c2ccccc21)c1ccc(Br)cc1. The van der Waals surface area contributed by atoms with Crippen molar-refractivity contribution in [2.45, 2.75) is 19.0 Å². The summed E-state index contributed by atoms with van der Waals surface area (Å²) in [6, 6.07) is 13.9. The van der Waals surface area contributed by atoms with E-state index in [1.807, 2.05) is 30.3 Å². The van der Waals surface area contributed by atoms with Crippen LogP contribution in [0.3, 0.4) is 0 Å². The Kier molecular flexibility index (Phi) is 5.75. The fourth-order valence-electron chi connectivity index (χ4n) is 2.84. The highest BCUT2D eigenvalue weighted by molar-refractivity contribution is 9.10. The van der Waals surface area contributed by atoms with Crippen LogP contribution in [0.15, 0.2) is 57.8 Å². The predicted octanol–water partition coefficient (Wildman–Crippen LogP) is 2.51. The van der Waals surface area contributed by atoms with Gasteiger partial charge in [0.1, 0.15) is 6.54 Å². The average molecular weight is 432 g/mol. The summed E-state index contributed by atoms with van der Waals surface area (Å²) >= 11 is 3.36. The van der Waals surface area contributed by atoms with Gasteiger partial charge in [-0.1, -0.05) is 40.2 Å². The van der Waals surface area contributed by atoms with Gasteiger partial charge in [0.2, 0.25) is 5.91 Å². The Morgan fingerprint density at radius 1 is 1.19 bits per heavy atom. The van der Waals surface area contributed by atoms with Gasteiger partial charge in [0, 0.05) is 4.47 Å². The lowest BCUT2D eigenvalue weighted by molar-refractivity contribution is -0.141. The summed E-state index contributed by atoms with van der Waals surface area (Å²) in [5, 5.41) is 2.82. The van der Waals surface area contributed by atoms with E-state index in [9.17, 15) is 14.4 Å². The maximum atomic E-state index is 12.6. The first-order valence-electron chi connectivity index (χ1n) is 8.27. The normalized spacial score (nSPS) is 11.9. The summed E-state index contributed by atoms with van der Waals surface area (Å²) in [6.45, 7) is -0.156. The molecule has 0 aliphatic heterocycles. The highest BCUT2D eigenvalue weighted by atomic mass is 79.9. The molecule has 0 aliphatic rings. The number of fused-ring (bicyclic) bond motifs is 1. The molecule has 0 bridgehead atoms. The van der Waals surface area contributed by atoms with Gasteiger partial charge >= 0.3 is 11.7 Å². The molecule has 1 amide bonds. The predicted molar refractivity (Wildman–Crippen MR) is 104 cm³/mol. The van der Waals surface area contributed by atoms with Crippen molar-refractivity contribution in [2.24, 2.45) is 0 Å². The number of imidazole rings is 1. The van der Waals surface area contributed by atoms with E-state index in [0.29, 0.717) is 11.0 Å². The molecule has 0 spiro atoms. The van der Waals surface area contributed by atoms with Gasteiger partial charge in [-0.25, -0.2) is 4.79 Å². The molecule has 2 aromatic carbocycles. The third-order valence-electron chi connectivity index (χ3n) is 4.19. The largest absolute Gasteiger partial charge is 0.469 e. The van der Waals surface area contributed by atoms with Crippen LogP contribution in [0.4, 0.5) is 0 Å². The monoisotopic (exact) mass is 431 g/mol. The van der Waals surface area contributed by atoms with E-state index < -0.39 is 12.0 Å². The van der Waals surface area contributed by atoms with Crippen LogP contribution in [0.25, 0.3) is 11.0 Å². The number of amides is 1. The summed E-state index contributed by atoms with van der Waals surface area (Å²) in [5.41, 5.74) is 1.71. The van der Waals surface area contributed by atoms with Crippen LogP contribution >= 0.6 is 15.9 Å². The standard InChI is InChI=1S/C19H18BrN3O4/c1-27-18(25)10-15(12-6-8-13(20)9-7-12)21-17(24)11-23-16-5-3-2-4-14(16)22-19(23)26/h2-9,15H,10-11H2,1H3,(H,21,24)(H,22,26). The number of benzene rings is 2. The fourth-order valence-corrected chi connectivity index (χ4v) is 3.11. The Morgan fingerprint density at radius 2 is 1.89 bits per heavy atom. The number of aromatic nitrogens is 2. The number of esters is 1. The molecule has 0 saturated carbocycles. The molecule has 7 nitrogen and oxygen atoms in total. The van der Waals surface area contributed by atoms with Crippen LogP contribution in [0.5, 0.6) is 0 Å². The minimum Gasteiger partial charge on any atom is -0.469 e. The number of hydrogen-bond donors (Lipinski definition) is 2. The van der Waals surface area contributed by atoms with Gasteiger partial charge in [0.05, 0.1) is 30.6 Å². The molecule has 140 valence electrons. The van der Waals surface area contributed by atoms with Gasteiger partial charge in [0.15, 0.2) is 0 Å². The molecule has 3 rings (SSSR count). The molecular weight excluding hydrogens is 414 g/mol. The van der Waals surface area contributed by atoms with E-state index in [1.165, 1.54) is 11.7 Å². The molecule has 0 aliphatic carbocycles. The lowest BCUT2D eigenvalue weighted by Crippen LogP contribution is -2.35. The van der Waals surface area contributed by atoms with Crippen molar-refractivity contribution in [3.63, 3.8) is 0 Å². The minimum atomic E-state index is -0.557. The summed E-state index contributed by atoms with van der Waals surface area (Å²) in [5.74, 6) is -0.814. The second-order valence-electron chi connectivity index (χ2n) is 5.99. The van der Waals surface area contributed by atoms with Crippen molar-refractivity contribution >= 4 is 38.8 Å².